The molecule has 0 saturated heterocycles. The molecule has 4 N–H and O–H groups in total. The largest absolute Gasteiger partial charge is 0.397 e. The molecule has 106 valence electrons. The number of benzene rings is 1. The molecule has 0 aliphatic heterocycles. The number of carbonyl (C=O) groups is 1. The van der Waals surface area contributed by atoms with Crippen LogP contribution in [0.2, 0.25) is 0 Å². The maximum absolute atomic E-state index is 12.4. The number of aromatic amines is 1. The molecule has 1 amide bonds. The zero-order valence-electron chi connectivity index (χ0n) is 11.8. The summed E-state index contributed by atoms with van der Waals surface area (Å²) in [6.07, 6.45) is 5.77. The fourth-order valence-electron chi connectivity index (χ4n) is 3.10. The van der Waals surface area contributed by atoms with Crippen LogP contribution >= 0.6 is 0 Å². The number of nitrogens with one attached hydrogen (secondary N) is 2. The van der Waals surface area contributed by atoms with E-state index in [1.165, 1.54) is 19.3 Å². The molecule has 1 saturated carbocycles. The van der Waals surface area contributed by atoms with Gasteiger partial charge in [0.15, 0.2) is 0 Å². The number of hydrogen-bond donors (Lipinski definition) is 3. The third kappa shape index (κ3) is 2.38. The lowest BCUT2D eigenvalue weighted by molar-refractivity contribution is 0.0878. The van der Waals surface area contributed by atoms with Crippen molar-refractivity contribution in [3.8, 4) is 0 Å². The van der Waals surface area contributed by atoms with Crippen LogP contribution in [-0.4, -0.2) is 16.4 Å². The normalized spacial score (nSPS) is 18.1. The maximum Gasteiger partial charge on any atom is 0.268 e. The first-order chi connectivity index (χ1) is 9.57. The van der Waals surface area contributed by atoms with Crippen LogP contribution in [0.3, 0.4) is 0 Å². The lowest BCUT2D eigenvalue weighted by atomic mass is 9.83. The monoisotopic (exact) mass is 271 g/mol. The Kier molecular flexibility index (Phi) is 3.16. The number of aromatic nitrogens is 1. The highest BCUT2D eigenvalue weighted by Gasteiger charge is 2.29. The van der Waals surface area contributed by atoms with Gasteiger partial charge in [-0.05, 0) is 31.9 Å². The Labute approximate surface area is 118 Å². The molecule has 0 unspecified atom stereocenters. The van der Waals surface area contributed by atoms with Crippen molar-refractivity contribution >= 4 is 22.5 Å². The first-order valence-electron chi connectivity index (χ1n) is 7.27. The van der Waals surface area contributed by atoms with Gasteiger partial charge >= 0.3 is 0 Å². The molecule has 1 heterocycles. The number of anilines is 1. The van der Waals surface area contributed by atoms with Crippen LogP contribution in [0.15, 0.2) is 24.3 Å². The highest BCUT2D eigenvalue weighted by Crippen LogP contribution is 2.28. The van der Waals surface area contributed by atoms with Gasteiger partial charge in [-0.15, -0.1) is 0 Å². The first-order valence-corrected chi connectivity index (χ1v) is 7.27. The standard InChI is InChI=1S/C16H21N3O/c1-16(8-3-2-4-9-16)19-15(20)13-10-11-6-5-7-12(17)14(11)18-13/h5-7,10,18H,2-4,8-9,17H2,1H3,(H,19,20). The Balaban J connectivity index is 1.83. The number of rotatable bonds is 2. The summed E-state index contributed by atoms with van der Waals surface area (Å²) in [5.74, 6) is -0.0370. The van der Waals surface area contributed by atoms with Gasteiger partial charge in [0.2, 0.25) is 0 Å². The zero-order valence-corrected chi connectivity index (χ0v) is 11.8. The third-order valence-electron chi connectivity index (χ3n) is 4.31. The molecule has 4 heteroatoms. The molecule has 20 heavy (non-hydrogen) atoms. The van der Waals surface area contributed by atoms with Crippen molar-refractivity contribution in [2.45, 2.75) is 44.6 Å². The number of amides is 1. The minimum atomic E-state index is -0.0713. The summed E-state index contributed by atoms with van der Waals surface area (Å²) in [4.78, 5) is 15.5. The third-order valence-corrected chi connectivity index (χ3v) is 4.31. The smallest absolute Gasteiger partial charge is 0.268 e. The van der Waals surface area contributed by atoms with Crippen LogP contribution in [0.25, 0.3) is 10.9 Å². The van der Waals surface area contributed by atoms with Crippen LogP contribution in [0.5, 0.6) is 0 Å². The van der Waals surface area contributed by atoms with Gasteiger partial charge < -0.3 is 16.0 Å². The van der Waals surface area contributed by atoms with E-state index in [-0.39, 0.29) is 11.4 Å². The van der Waals surface area contributed by atoms with Crippen molar-refractivity contribution in [2.24, 2.45) is 0 Å². The predicted molar refractivity (Wildman–Crippen MR) is 81.7 cm³/mol. The molecule has 1 aromatic carbocycles. The van der Waals surface area contributed by atoms with E-state index in [9.17, 15) is 4.79 Å². The zero-order chi connectivity index (χ0) is 14.2. The molecule has 0 spiro atoms. The molecule has 1 aliphatic carbocycles. The van der Waals surface area contributed by atoms with Crippen LogP contribution < -0.4 is 11.1 Å². The molecule has 0 bridgehead atoms. The Bertz CT molecular complexity index is 638. The molecule has 1 fully saturated rings. The molecular formula is C16H21N3O. The molecule has 4 nitrogen and oxygen atoms in total. The fraction of sp³-hybridized carbons (Fsp3) is 0.438. The SMILES string of the molecule is CC1(NC(=O)c2cc3cccc(N)c3[nH]2)CCCCC1. The number of carbonyl (C=O) groups excluding carboxylic acids is 1. The van der Waals surface area contributed by atoms with Crippen molar-refractivity contribution in [3.63, 3.8) is 0 Å². The van der Waals surface area contributed by atoms with Gasteiger partial charge in [0, 0.05) is 10.9 Å². The quantitative estimate of drug-likeness (QED) is 0.734. The minimum absolute atomic E-state index is 0.0370. The molecule has 0 radical (unpaired) electrons. The summed E-state index contributed by atoms with van der Waals surface area (Å²) in [6.45, 7) is 2.14. The van der Waals surface area contributed by atoms with Gasteiger partial charge in [-0.2, -0.15) is 0 Å². The van der Waals surface area contributed by atoms with Gasteiger partial charge in [0.05, 0.1) is 11.2 Å². The summed E-state index contributed by atoms with van der Waals surface area (Å²) in [5, 5.41) is 4.16. The van der Waals surface area contributed by atoms with E-state index in [0.717, 1.165) is 23.7 Å². The Morgan fingerprint density at radius 2 is 2.05 bits per heavy atom. The van der Waals surface area contributed by atoms with Crippen LogP contribution in [0, 0.1) is 0 Å². The number of para-hydroxylation sites is 1. The van der Waals surface area contributed by atoms with E-state index < -0.39 is 0 Å². The molecular weight excluding hydrogens is 250 g/mol. The molecule has 1 aromatic heterocycles. The average molecular weight is 271 g/mol. The lowest BCUT2D eigenvalue weighted by Gasteiger charge is -2.34. The van der Waals surface area contributed by atoms with Crippen LogP contribution in [0.4, 0.5) is 5.69 Å². The topological polar surface area (TPSA) is 70.9 Å². The van der Waals surface area contributed by atoms with E-state index in [2.05, 4.69) is 17.2 Å². The van der Waals surface area contributed by atoms with E-state index >= 15 is 0 Å². The van der Waals surface area contributed by atoms with Gasteiger partial charge in [-0.3, -0.25) is 4.79 Å². The highest BCUT2D eigenvalue weighted by atomic mass is 16.2. The average Bonchev–Trinajstić information content (AvgIpc) is 2.85. The Morgan fingerprint density at radius 3 is 2.75 bits per heavy atom. The molecule has 1 aliphatic rings. The Morgan fingerprint density at radius 1 is 1.30 bits per heavy atom. The van der Waals surface area contributed by atoms with Crippen LogP contribution in [-0.2, 0) is 0 Å². The second-order valence-corrected chi connectivity index (χ2v) is 6.07. The van der Waals surface area contributed by atoms with E-state index in [1.807, 2.05) is 24.3 Å². The van der Waals surface area contributed by atoms with Crippen molar-refractivity contribution in [1.29, 1.82) is 0 Å². The van der Waals surface area contributed by atoms with Crippen LogP contribution in [0.1, 0.15) is 49.5 Å². The van der Waals surface area contributed by atoms with Gasteiger partial charge in [-0.1, -0.05) is 31.4 Å². The summed E-state index contributed by atoms with van der Waals surface area (Å²) >= 11 is 0. The van der Waals surface area contributed by atoms with E-state index in [1.54, 1.807) is 0 Å². The lowest BCUT2D eigenvalue weighted by Crippen LogP contribution is -2.47. The molecule has 3 rings (SSSR count). The summed E-state index contributed by atoms with van der Waals surface area (Å²) < 4.78 is 0. The number of fused-ring (bicyclic) bond motifs is 1. The van der Waals surface area contributed by atoms with Crippen molar-refractivity contribution in [3.05, 3.63) is 30.0 Å². The second-order valence-electron chi connectivity index (χ2n) is 6.07. The molecule has 0 atom stereocenters. The number of hydrogen-bond acceptors (Lipinski definition) is 2. The minimum Gasteiger partial charge on any atom is -0.397 e. The van der Waals surface area contributed by atoms with Crippen molar-refractivity contribution in [1.82, 2.24) is 10.3 Å². The summed E-state index contributed by atoms with van der Waals surface area (Å²) in [5.41, 5.74) is 7.94. The second kappa shape index (κ2) is 4.85. The van der Waals surface area contributed by atoms with E-state index in [0.29, 0.717) is 11.4 Å². The van der Waals surface area contributed by atoms with Gasteiger partial charge in [0.25, 0.3) is 5.91 Å². The maximum atomic E-state index is 12.4. The van der Waals surface area contributed by atoms with Gasteiger partial charge in [0.1, 0.15) is 5.69 Å². The first kappa shape index (κ1) is 13.0. The number of H-pyrrole nitrogens is 1. The number of nitrogens with two attached hydrogens (primary N) is 1. The number of nitrogen functional groups attached to an aromatic ring is 1. The van der Waals surface area contributed by atoms with Gasteiger partial charge in [-0.25, -0.2) is 0 Å². The van der Waals surface area contributed by atoms with Crippen molar-refractivity contribution in [2.75, 3.05) is 5.73 Å². The summed E-state index contributed by atoms with van der Waals surface area (Å²) in [6, 6.07) is 7.56. The summed E-state index contributed by atoms with van der Waals surface area (Å²) in [7, 11) is 0. The van der Waals surface area contributed by atoms with Crippen molar-refractivity contribution < 1.29 is 4.79 Å². The van der Waals surface area contributed by atoms with E-state index in [4.69, 9.17) is 5.73 Å². The molecule has 2 aromatic rings. The highest BCUT2D eigenvalue weighted by molar-refractivity contribution is 6.01. The fourth-order valence-corrected chi connectivity index (χ4v) is 3.10. The predicted octanol–water partition coefficient (Wildman–Crippen LogP) is 3.20. The Hall–Kier alpha value is -1.97.